The molecule has 0 aromatic rings. The number of hydrogen-bond acceptors (Lipinski definition) is 13. The fourth-order valence-electron chi connectivity index (χ4n) is 6.16. The van der Waals surface area contributed by atoms with Gasteiger partial charge in [-0.25, -0.2) is 4.79 Å². The van der Waals surface area contributed by atoms with Crippen LogP contribution in [0.25, 0.3) is 0 Å². The van der Waals surface area contributed by atoms with Crippen molar-refractivity contribution in [3.05, 3.63) is 0 Å². The second-order valence-electron chi connectivity index (χ2n) is 11.2. The van der Waals surface area contributed by atoms with Gasteiger partial charge in [0.2, 0.25) is 0 Å². The summed E-state index contributed by atoms with van der Waals surface area (Å²) in [5, 5.41) is 71.2. The van der Waals surface area contributed by atoms with Crippen molar-refractivity contribution >= 4 is 5.97 Å². The van der Waals surface area contributed by atoms with Gasteiger partial charge in [0.1, 0.15) is 42.7 Å². The third-order valence-corrected chi connectivity index (χ3v) is 8.63. The first kappa shape index (κ1) is 31.9. The Morgan fingerprint density at radius 2 is 1.57 bits per heavy atom. The minimum Gasteiger partial charge on any atom is -0.479 e. The highest BCUT2D eigenvalue weighted by atomic mass is 16.7. The second kappa shape index (κ2) is 14.0. The van der Waals surface area contributed by atoms with E-state index in [2.05, 4.69) is 0 Å². The number of aliphatic hydroxyl groups is 6. The molecule has 4 fully saturated rings. The van der Waals surface area contributed by atoms with E-state index in [0.717, 1.165) is 12.8 Å². The van der Waals surface area contributed by atoms with Gasteiger partial charge in [-0.2, -0.15) is 0 Å². The molecule has 3 saturated heterocycles. The van der Waals surface area contributed by atoms with Gasteiger partial charge in [0.25, 0.3) is 0 Å². The lowest BCUT2D eigenvalue weighted by molar-refractivity contribution is -0.356. The van der Waals surface area contributed by atoms with Crippen molar-refractivity contribution < 1.29 is 69.0 Å². The molecule has 14 nitrogen and oxygen atoms in total. The molecule has 1 saturated carbocycles. The minimum absolute atomic E-state index is 0.0105. The van der Waals surface area contributed by atoms with Crippen LogP contribution in [0.1, 0.15) is 46.0 Å². The van der Waals surface area contributed by atoms with Crippen molar-refractivity contribution in [2.75, 3.05) is 19.8 Å². The Kier molecular flexibility index (Phi) is 11.1. The fourth-order valence-corrected chi connectivity index (χ4v) is 6.16. The van der Waals surface area contributed by atoms with Crippen molar-refractivity contribution in [1.82, 2.24) is 0 Å². The molecule has 4 aliphatic rings. The number of hydrogen-bond donors (Lipinski definition) is 7. The highest BCUT2D eigenvalue weighted by Gasteiger charge is 2.52. The van der Waals surface area contributed by atoms with E-state index in [1.165, 1.54) is 0 Å². The van der Waals surface area contributed by atoms with Gasteiger partial charge in [0, 0.05) is 19.1 Å². The molecule has 15 atom stereocenters. The molecule has 1 aliphatic carbocycles. The third kappa shape index (κ3) is 6.63. The van der Waals surface area contributed by atoms with E-state index in [9.17, 15) is 40.5 Å². The van der Waals surface area contributed by atoms with Crippen LogP contribution < -0.4 is 0 Å². The van der Waals surface area contributed by atoms with Crippen molar-refractivity contribution in [2.24, 2.45) is 11.8 Å². The highest BCUT2D eigenvalue weighted by molar-refractivity contribution is 5.72. The smallest absolute Gasteiger partial charge is 0.333 e. The van der Waals surface area contributed by atoms with Crippen LogP contribution in [0.15, 0.2) is 0 Å². The summed E-state index contributed by atoms with van der Waals surface area (Å²) in [6.45, 7) is 2.55. The van der Waals surface area contributed by atoms with Crippen LogP contribution in [0.5, 0.6) is 0 Å². The first-order valence-corrected chi connectivity index (χ1v) is 14.2. The first-order valence-electron chi connectivity index (χ1n) is 14.2. The van der Waals surface area contributed by atoms with E-state index >= 15 is 0 Å². The maximum absolute atomic E-state index is 12.0. The Balaban J connectivity index is 1.56. The van der Waals surface area contributed by atoms with E-state index in [1.54, 1.807) is 6.92 Å². The molecular formula is C26H44O14. The molecule has 7 N–H and O–H groups in total. The lowest BCUT2D eigenvalue weighted by Gasteiger charge is -2.49. The molecule has 0 aromatic heterocycles. The van der Waals surface area contributed by atoms with Gasteiger partial charge in [-0.05, 0) is 32.1 Å². The molecule has 3 heterocycles. The predicted octanol–water partition coefficient (Wildman–Crippen LogP) is -1.89. The molecule has 0 amide bonds. The summed E-state index contributed by atoms with van der Waals surface area (Å²) in [6.07, 6.45) is -12.0. The number of carbonyl (C=O) groups is 1. The zero-order valence-electron chi connectivity index (χ0n) is 22.8. The second-order valence-corrected chi connectivity index (χ2v) is 11.2. The van der Waals surface area contributed by atoms with Gasteiger partial charge in [0.15, 0.2) is 18.7 Å². The molecule has 4 rings (SSSR count). The molecule has 40 heavy (non-hydrogen) atoms. The topological polar surface area (TPSA) is 214 Å². The summed E-state index contributed by atoms with van der Waals surface area (Å²) in [5.74, 6) is -2.07. The van der Waals surface area contributed by atoms with Gasteiger partial charge in [-0.1, -0.05) is 19.8 Å². The number of aliphatic hydroxyl groups excluding tert-OH is 6. The molecule has 0 bridgehead atoms. The lowest BCUT2D eigenvalue weighted by atomic mass is 9.82. The Morgan fingerprint density at radius 3 is 2.23 bits per heavy atom. The fraction of sp³-hybridized carbons (Fsp3) is 0.962. The quantitative estimate of drug-likeness (QED) is 0.167. The molecule has 232 valence electrons. The minimum atomic E-state index is -1.50. The largest absolute Gasteiger partial charge is 0.479 e. The van der Waals surface area contributed by atoms with E-state index in [4.69, 9.17) is 28.4 Å². The van der Waals surface area contributed by atoms with Gasteiger partial charge in [-0.15, -0.1) is 0 Å². The van der Waals surface area contributed by atoms with Crippen molar-refractivity contribution in [3.63, 3.8) is 0 Å². The number of rotatable bonds is 8. The zero-order chi connectivity index (χ0) is 29.1. The number of aliphatic carboxylic acids is 1. The standard InChI is InChI=1S/C26H44O14/c1-3-12-5-4-6-14(20(12)40-25-19(32)18(31)16(29)11(2)36-25)37-26-23-22(17(30)15(10-28)38-26)39-21(24(33)34)13(9-27)7-8-35-23/h11-23,25-32H,3-10H2,1-2H3,(H,33,34)/t11?,12-,13+,14-,15?,16-,17+,18?,19+,20?,21-,22?,23?,25+,26-/m1/s1. The Bertz CT molecular complexity index is 816. The van der Waals surface area contributed by atoms with Crippen LogP contribution in [0, 0.1) is 11.8 Å². The SMILES string of the molecule is CC[C@@H]1CCC[C@@H](O[C@@H]2OC(CO)[C@H](O)C3O[C@@H](C(=O)O)[C@H](CO)CCOC32)C1O[C@@H]1OC(C)[C@@H](O)C(O)[C@@H]1O. The number of carboxylic acids is 1. The monoisotopic (exact) mass is 580 g/mol. The van der Waals surface area contributed by atoms with Crippen LogP contribution in [-0.4, -0.2) is 141 Å². The number of fused-ring (bicyclic) bond motifs is 1. The molecule has 0 aromatic carbocycles. The van der Waals surface area contributed by atoms with Crippen molar-refractivity contribution in [1.29, 1.82) is 0 Å². The average Bonchev–Trinajstić information content (AvgIpc) is 2.92. The summed E-state index contributed by atoms with van der Waals surface area (Å²) in [6, 6.07) is 0. The van der Waals surface area contributed by atoms with E-state index < -0.39 is 105 Å². The van der Waals surface area contributed by atoms with Crippen molar-refractivity contribution in [3.8, 4) is 0 Å². The van der Waals surface area contributed by atoms with E-state index in [1.807, 2.05) is 6.92 Å². The molecule has 0 radical (unpaired) electrons. The van der Waals surface area contributed by atoms with Crippen molar-refractivity contribution in [2.45, 2.75) is 126 Å². The summed E-state index contributed by atoms with van der Waals surface area (Å²) in [5.41, 5.74) is 0. The summed E-state index contributed by atoms with van der Waals surface area (Å²) in [4.78, 5) is 12.0. The van der Waals surface area contributed by atoms with E-state index in [0.29, 0.717) is 12.8 Å². The van der Waals surface area contributed by atoms with Gasteiger partial charge < -0.3 is 64.2 Å². The summed E-state index contributed by atoms with van der Waals surface area (Å²) < 4.78 is 36.0. The van der Waals surface area contributed by atoms with Crippen LogP contribution in [0.4, 0.5) is 0 Å². The van der Waals surface area contributed by atoms with Gasteiger partial charge in [-0.3, -0.25) is 0 Å². The van der Waals surface area contributed by atoms with Gasteiger partial charge in [0.05, 0.1) is 24.9 Å². The maximum atomic E-state index is 12.0. The predicted molar refractivity (Wildman–Crippen MR) is 133 cm³/mol. The van der Waals surface area contributed by atoms with Crippen LogP contribution >= 0.6 is 0 Å². The van der Waals surface area contributed by atoms with Crippen LogP contribution in [-0.2, 0) is 33.2 Å². The van der Waals surface area contributed by atoms with E-state index in [-0.39, 0.29) is 18.9 Å². The lowest BCUT2D eigenvalue weighted by Crippen LogP contribution is -2.64. The molecular weight excluding hydrogens is 536 g/mol. The van der Waals surface area contributed by atoms with Crippen LogP contribution in [0.2, 0.25) is 0 Å². The Morgan fingerprint density at radius 1 is 0.825 bits per heavy atom. The number of carboxylic acid groups (broad SMARTS) is 1. The summed E-state index contributed by atoms with van der Waals surface area (Å²) >= 11 is 0. The zero-order valence-corrected chi connectivity index (χ0v) is 22.8. The highest BCUT2D eigenvalue weighted by Crippen LogP contribution is 2.38. The molecule has 6 unspecified atom stereocenters. The number of ether oxygens (including phenoxy) is 6. The molecule has 0 spiro atoms. The first-order chi connectivity index (χ1) is 19.1. The maximum Gasteiger partial charge on any atom is 0.333 e. The Hall–Kier alpha value is -1.01. The average molecular weight is 581 g/mol. The Labute approximate surface area is 232 Å². The third-order valence-electron chi connectivity index (χ3n) is 8.63. The summed E-state index contributed by atoms with van der Waals surface area (Å²) in [7, 11) is 0. The van der Waals surface area contributed by atoms with Gasteiger partial charge >= 0.3 is 5.97 Å². The van der Waals surface area contributed by atoms with Crippen LogP contribution in [0.3, 0.4) is 0 Å². The molecule has 3 aliphatic heterocycles. The normalized spacial score (nSPS) is 48.5. The molecule has 14 heteroatoms.